The van der Waals surface area contributed by atoms with Crippen molar-refractivity contribution < 1.29 is 40.6 Å². The highest BCUT2D eigenvalue weighted by Gasteiger charge is 2.29. The molecule has 0 N–H and O–H groups in total. The number of aromatic nitrogens is 6. The molecule has 0 saturated heterocycles. The monoisotopic (exact) mass is 630 g/mol. The van der Waals surface area contributed by atoms with Crippen LogP contribution in [0, 0.1) is 24.4 Å². The number of hydrogen-bond donors (Lipinski definition) is 0. The van der Waals surface area contributed by atoms with E-state index in [1.165, 1.54) is 30.5 Å². The second-order valence-electron chi connectivity index (χ2n) is 9.99. The maximum absolute atomic E-state index is 15.4. The molecule has 0 aliphatic carbocycles. The van der Waals surface area contributed by atoms with Crippen LogP contribution in [-0.2, 0) is 30.9 Å². The molecule has 9 nitrogen and oxygen atoms in total. The molecule has 2 aromatic carbocycles. The number of aryl methyl sites for hydroxylation is 1. The van der Waals surface area contributed by atoms with Crippen molar-refractivity contribution in [2.45, 2.75) is 39.2 Å². The first kappa shape index (κ1) is 31.2. The predicted molar refractivity (Wildman–Crippen MR) is 147 cm³/mol. The first-order chi connectivity index (χ1) is 21.4. The summed E-state index contributed by atoms with van der Waals surface area (Å²) in [4.78, 5) is 20.3. The lowest BCUT2D eigenvalue weighted by Gasteiger charge is -2.14. The van der Waals surface area contributed by atoms with Gasteiger partial charge in [-0.15, -0.1) is 10.2 Å². The molecule has 0 unspecified atom stereocenters. The average molecular weight is 631 g/mol. The number of halogens is 6. The Labute approximate surface area is 252 Å². The van der Waals surface area contributed by atoms with Gasteiger partial charge in [-0.3, -0.25) is 4.57 Å². The fraction of sp³-hybridized carbons (Fsp3) is 0.233. The van der Waals surface area contributed by atoms with Crippen LogP contribution >= 0.6 is 0 Å². The van der Waals surface area contributed by atoms with Crippen molar-refractivity contribution in [1.29, 1.82) is 0 Å². The largest absolute Gasteiger partial charge is 0.473 e. The third-order valence-electron chi connectivity index (χ3n) is 6.73. The maximum Gasteiger partial charge on any atom is 0.406 e. The van der Waals surface area contributed by atoms with Gasteiger partial charge in [-0.25, -0.2) is 27.9 Å². The summed E-state index contributed by atoms with van der Waals surface area (Å²) in [6.07, 6.45) is -2.77. The van der Waals surface area contributed by atoms with Gasteiger partial charge >= 0.3 is 12.1 Å². The van der Waals surface area contributed by atoms with E-state index in [2.05, 4.69) is 20.2 Å². The molecule has 45 heavy (non-hydrogen) atoms. The van der Waals surface area contributed by atoms with E-state index < -0.39 is 36.1 Å². The molecule has 0 fully saturated rings. The Morgan fingerprint density at radius 2 is 1.73 bits per heavy atom. The molecule has 234 valence electrons. The Kier molecular flexibility index (Phi) is 8.88. The Hall–Kier alpha value is -5.21. The highest BCUT2D eigenvalue weighted by molar-refractivity contribution is 5.85. The van der Waals surface area contributed by atoms with Crippen LogP contribution in [-0.4, -0.2) is 48.6 Å². The number of carbonyl (C=O) groups is 1. The molecule has 3 heterocycles. The van der Waals surface area contributed by atoms with Gasteiger partial charge in [0.1, 0.15) is 36.4 Å². The van der Waals surface area contributed by atoms with Crippen LogP contribution in [0.4, 0.5) is 26.3 Å². The maximum atomic E-state index is 15.4. The Balaban J connectivity index is 1.40. The highest BCUT2D eigenvalue weighted by atomic mass is 19.4. The number of pyridine rings is 1. The third kappa shape index (κ3) is 7.30. The summed E-state index contributed by atoms with van der Waals surface area (Å²) in [6.45, 7) is -0.0588. The molecule has 5 rings (SSSR count). The van der Waals surface area contributed by atoms with E-state index in [1.54, 1.807) is 19.1 Å². The standard InChI is InChI=1S/C30H24F6N6O3/c1-17-6-7-18(22(31)8-17)14-45-27-5-3-4-25(38-27)21-11-23(32)19(9-24(21)33)10-26-39-40-28(29(43)44-2)42(26)13-20-12-37-16-41(20)15-30(34,35)36/h3-9,11-12,16H,10,13-15H2,1-2H3. The van der Waals surface area contributed by atoms with Crippen molar-refractivity contribution in [3.63, 3.8) is 0 Å². The molecule has 0 aliphatic heterocycles. The van der Waals surface area contributed by atoms with Gasteiger partial charge in [0.25, 0.3) is 0 Å². The van der Waals surface area contributed by atoms with Crippen molar-refractivity contribution in [1.82, 2.24) is 29.3 Å². The second kappa shape index (κ2) is 12.8. The van der Waals surface area contributed by atoms with Crippen molar-refractivity contribution in [3.8, 4) is 17.1 Å². The highest BCUT2D eigenvalue weighted by Crippen LogP contribution is 2.28. The minimum atomic E-state index is -4.54. The van der Waals surface area contributed by atoms with E-state index in [0.717, 1.165) is 40.3 Å². The number of esters is 1. The van der Waals surface area contributed by atoms with Crippen LogP contribution in [0.2, 0.25) is 0 Å². The number of ether oxygens (including phenoxy) is 2. The van der Waals surface area contributed by atoms with Crippen molar-refractivity contribution in [2.75, 3.05) is 7.11 Å². The van der Waals surface area contributed by atoms with E-state index in [1.807, 2.05) is 0 Å². The number of methoxy groups -OCH3 is 1. The van der Waals surface area contributed by atoms with Gasteiger partial charge in [0.05, 0.1) is 31.4 Å². The number of carbonyl (C=O) groups excluding carboxylic acids is 1. The van der Waals surface area contributed by atoms with E-state index in [9.17, 15) is 22.4 Å². The molecule has 0 radical (unpaired) electrons. The lowest BCUT2D eigenvalue weighted by Crippen LogP contribution is -2.21. The number of rotatable bonds is 10. The number of hydrogen-bond acceptors (Lipinski definition) is 7. The Bertz CT molecular complexity index is 1850. The summed E-state index contributed by atoms with van der Waals surface area (Å²) < 4.78 is 96.3. The molecule has 0 spiro atoms. The minimum absolute atomic E-state index is 0.0435. The quantitative estimate of drug-likeness (QED) is 0.142. The van der Waals surface area contributed by atoms with E-state index in [4.69, 9.17) is 9.47 Å². The first-order valence-electron chi connectivity index (χ1n) is 13.3. The third-order valence-corrected chi connectivity index (χ3v) is 6.73. The second-order valence-corrected chi connectivity index (χ2v) is 9.99. The van der Waals surface area contributed by atoms with Gasteiger partial charge in [-0.1, -0.05) is 18.2 Å². The topological polar surface area (TPSA) is 96.9 Å². The number of nitrogens with zero attached hydrogens (tertiary/aromatic N) is 6. The average Bonchev–Trinajstić information content (AvgIpc) is 3.59. The van der Waals surface area contributed by atoms with Crippen LogP contribution in [0.1, 0.15) is 38.8 Å². The van der Waals surface area contributed by atoms with Crippen molar-refractivity contribution >= 4 is 5.97 Å². The summed E-state index contributed by atoms with van der Waals surface area (Å²) in [6, 6.07) is 11.0. The SMILES string of the molecule is COC(=O)c1nnc(Cc2cc(F)c(-c3cccc(OCc4ccc(C)cc4F)n3)cc2F)n1Cc1cncn1CC(F)(F)F. The minimum Gasteiger partial charge on any atom is -0.473 e. The molecule has 0 bridgehead atoms. The zero-order valence-corrected chi connectivity index (χ0v) is 23.8. The van der Waals surface area contributed by atoms with Crippen LogP contribution in [0.5, 0.6) is 5.88 Å². The molecule has 0 atom stereocenters. The van der Waals surface area contributed by atoms with Crippen LogP contribution in [0.3, 0.4) is 0 Å². The fourth-order valence-electron chi connectivity index (χ4n) is 4.51. The van der Waals surface area contributed by atoms with E-state index in [-0.39, 0.29) is 59.6 Å². The molecular formula is C30H24F6N6O3. The lowest BCUT2D eigenvalue weighted by molar-refractivity contribution is -0.141. The van der Waals surface area contributed by atoms with Gasteiger partial charge < -0.3 is 14.0 Å². The molecule has 0 amide bonds. The fourth-order valence-corrected chi connectivity index (χ4v) is 4.51. The van der Waals surface area contributed by atoms with Crippen molar-refractivity contribution in [2.24, 2.45) is 0 Å². The van der Waals surface area contributed by atoms with E-state index >= 15 is 8.78 Å². The Morgan fingerprint density at radius 1 is 0.956 bits per heavy atom. The van der Waals surface area contributed by atoms with Crippen LogP contribution in [0.15, 0.2) is 61.1 Å². The number of benzene rings is 2. The van der Waals surface area contributed by atoms with E-state index in [0.29, 0.717) is 5.56 Å². The summed E-state index contributed by atoms with van der Waals surface area (Å²) in [7, 11) is 1.08. The summed E-state index contributed by atoms with van der Waals surface area (Å²) >= 11 is 0. The first-order valence-corrected chi connectivity index (χ1v) is 13.3. The van der Waals surface area contributed by atoms with Gasteiger partial charge in [-0.2, -0.15) is 13.2 Å². The van der Waals surface area contributed by atoms with Crippen LogP contribution in [0.25, 0.3) is 11.3 Å². The van der Waals surface area contributed by atoms with Gasteiger partial charge in [-0.05, 0) is 42.3 Å². The summed E-state index contributed by atoms with van der Waals surface area (Å²) in [5, 5.41) is 7.67. The Morgan fingerprint density at radius 3 is 2.47 bits per heavy atom. The zero-order chi connectivity index (χ0) is 32.3. The number of imidazole rings is 1. The normalized spacial score (nSPS) is 11.6. The number of alkyl halides is 3. The predicted octanol–water partition coefficient (Wildman–Crippen LogP) is 5.83. The van der Waals surface area contributed by atoms with Crippen molar-refractivity contribution in [3.05, 3.63) is 113 Å². The molecule has 0 aliphatic rings. The van der Waals surface area contributed by atoms with Gasteiger partial charge in [0.2, 0.25) is 11.7 Å². The molecular weight excluding hydrogens is 606 g/mol. The van der Waals surface area contributed by atoms with Gasteiger partial charge in [0, 0.05) is 29.8 Å². The lowest BCUT2D eigenvalue weighted by atomic mass is 10.0. The molecule has 5 aromatic rings. The zero-order valence-electron chi connectivity index (χ0n) is 23.8. The van der Waals surface area contributed by atoms with Gasteiger partial charge in [0.15, 0.2) is 0 Å². The molecule has 0 saturated carbocycles. The molecule has 3 aromatic heterocycles. The summed E-state index contributed by atoms with van der Waals surface area (Å²) in [5.41, 5.74) is 0.785. The molecule has 15 heteroatoms. The van der Waals surface area contributed by atoms with Crippen LogP contribution < -0.4 is 4.74 Å². The smallest absolute Gasteiger partial charge is 0.406 e. The summed E-state index contributed by atoms with van der Waals surface area (Å²) in [5.74, 6) is -3.41.